The second kappa shape index (κ2) is 12.1. The molecule has 4 nitrogen and oxygen atoms in total. The molecule has 0 aromatic carbocycles. The summed E-state index contributed by atoms with van der Waals surface area (Å²) in [5, 5.41) is 0.391. The van der Waals surface area contributed by atoms with E-state index >= 15 is 0 Å². The van der Waals surface area contributed by atoms with Crippen LogP contribution in [0.3, 0.4) is 0 Å². The number of allylic oxidation sites excluding steroid dienone is 3. The Morgan fingerprint density at radius 3 is 1.93 bits per heavy atom. The smallest absolute Gasteiger partial charge is 0.302 e. The van der Waals surface area contributed by atoms with Gasteiger partial charge in [-0.15, -0.1) is 0 Å². The summed E-state index contributed by atoms with van der Waals surface area (Å²) in [4.78, 5) is 11.7. The summed E-state index contributed by atoms with van der Waals surface area (Å²) in [5.41, 5.74) is 3.31. The van der Waals surface area contributed by atoms with E-state index in [0.717, 1.165) is 25.7 Å². The zero-order valence-corrected chi connectivity index (χ0v) is 30.3. The second-order valence-electron chi connectivity index (χ2n) is 16.6. The van der Waals surface area contributed by atoms with Crippen LogP contribution in [0, 0.1) is 17.3 Å². The summed E-state index contributed by atoms with van der Waals surface area (Å²) in [6, 6.07) is 0. The van der Waals surface area contributed by atoms with Gasteiger partial charge in [-0.2, -0.15) is 0 Å². The van der Waals surface area contributed by atoms with Crippen LogP contribution >= 0.6 is 0 Å². The summed E-state index contributed by atoms with van der Waals surface area (Å²) in [6.07, 6.45) is 14.4. The molecule has 3 aliphatic rings. The van der Waals surface area contributed by atoms with Crippen molar-refractivity contribution in [1.29, 1.82) is 0 Å². The van der Waals surface area contributed by atoms with Crippen LogP contribution < -0.4 is 0 Å². The molecule has 0 amide bonds. The molecule has 0 heterocycles. The minimum atomic E-state index is -1.88. The molecule has 0 N–H and O–H groups in total. The van der Waals surface area contributed by atoms with Gasteiger partial charge in [0.15, 0.2) is 16.6 Å². The fraction of sp³-hybridized carbons (Fsp3) is 0.853. The van der Waals surface area contributed by atoms with Crippen molar-refractivity contribution in [3.05, 3.63) is 23.3 Å². The first-order valence-corrected chi connectivity index (χ1v) is 21.9. The Labute approximate surface area is 249 Å². The van der Waals surface area contributed by atoms with Crippen molar-refractivity contribution in [2.24, 2.45) is 17.3 Å². The third kappa shape index (κ3) is 7.62. The Balaban J connectivity index is 1.86. The van der Waals surface area contributed by atoms with Crippen LogP contribution in [0.5, 0.6) is 0 Å². The molecule has 0 aliphatic heterocycles. The topological polar surface area (TPSA) is 44.8 Å². The molecule has 3 fully saturated rings. The molecule has 230 valence electrons. The predicted octanol–water partition coefficient (Wildman–Crippen LogP) is 9.97. The van der Waals surface area contributed by atoms with Gasteiger partial charge < -0.3 is 13.6 Å². The van der Waals surface area contributed by atoms with Gasteiger partial charge in [-0.3, -0.25) is 4.79 Å². The molecule has 3 aliphatic carbocycles. The van der Waals surface area contributed by atoms with Gasteiger partial charge in [0.1, 0.15) is 6.10 Å². The van der Waals surface area contributed by atoms with E-state index in [-0.39, 0.29) is 39.8 Å². The lowest BCUT2D eigenvalue weighted by Gasteiger charge is -2.45. The van der Waals surface area contributed by atoms with Crippen molar-refractivity contribution in [2.45, 2.75) is 168 Å². The molecule has 40 heavy (non-hydrogen) atoms. The van der Waals surface area contributed by atoms with Gasteiger partial charge in [-0.05, 0) is 106 Å². The highest BCUT2D eigenvalue weighted by Gasteiger charge is 2.51. The number of esters is 1. The molecule has 0 aromatic heterocycles. The summed E-state index contributed by atoms with van der Waals surface area (Å²) in [7, 11) is -3.77. The van der Waals surface area contributed by atoms with Gasteiger partial charge in [-0.25, -0.2) is 0 Å². The molecule has 3 saturated carbocycles. The molecule has 0 unspecified atom stereocenters. The largest absolute Gasteiger partial charge is 0.463 e. The molecule has 6 atom stereocenters. The van der Waals surface area contributed by atoms with E-state index in [0.29, 0.717) is 11.8 Å². The third-order valence-corrected chi connectivity index (χ3v) is 20.6. The highest BCUT2D eigenvalue weighted by atomic mass is 28.4. The molecule has 0 bridgehead atoms. The molecular formula is C34H62O4Si2. The number of rotatable bonds is 7. The van der Waals surface area contributed by atoms with Crippen LogP contribution in [-0.2, 0) is 18.4 Å². The zero-order valence-electron chi connectivity index (χ0n) is 28.3. The van der Waals surface area contributed by atoms with Crippen molar-refractivity contribution >= 4 is 22.6 Å². The second-order valence-corrected chi connectivity index (χ2v) is 26.1. The van der Waals surface area contributed by atoms with Gasteiger partial charge >= 0.3 is 5.97 Å². The molecule has 0 aromatic rings. The molecular weight excluding hydrogens is 529 g/mol. The van der Waals surface area contributed by atoms with Gasteiger partial charge in [0.2, 0.25) is 0 Å². The lowest BCUT2D eigenvalue weighted by Crippen LogP contribution is -2.48. The number of ether oxygens (including phenoxy) is 1. The van der Waals surface area contributed by atoms with Crippen molar-refractivity contribution in [2.75, 3.05) is 0 Å². The monoisotopic (exact) mass is 590 g/mol. The van der Waals surface area contributed by atoms with E-state index in [1.54, 1.807) is 5.57 Å². The van der Waals surface area contributed by atoms with E-state index in [4.69, 9.17) is 13.6 Å². The van der Waals surface area contributed by atoms with Crippen LogP contribution in [0.25, 0.3) is 0 Å². The Morgan fingerprint density at radius 1 is 0.925 bits per heavy atom. The standard InChI is InChI=1S/C34H62O4Si2/c1-24(36-25(2)35)30-18-19-31-27(15-14-20-34(30,31)9)17-16-26-21-28(37-39(10,11)32(3,4)5)23-29(22-26)38-40(12,13)33(6,7)8/h16-17,24,28-31H,14-15,18-23H2,1-13H3/b27-17+/t24-,28+,29+,30+,31-,34+/m0/s1. The minimum Gasteiger partial charge on any atom is -0.463 e. The highest BCUT2D eigenvalue weighted by molar-refractivity contribution is 6.74. The van der Waals surface area contributed by atoms with Crippen LogP contribution in [0.15, 0.2) is 23.3 Å². The Kier molecular flexibility index (Phi) is 10.2. The first-order chi connectivity index (χ1) is 18.2. The Morgan fingerprint density at radius 2 is 1.45 bits per heavy atom. The van der Waals surface area contributed by atoms with E-state index < -0.39 is 16.6 Å². The van der Waals surface area contributed by atoms with E-state index in [1.165, 1.54) is 38.2 Å². The SMILES string of the molecule is CC(=O)O[C@@H](C)[C@H]1CC[C@H]2/C(=C/C=C3C[C@@H](O[Si](C)(C)C(C)(C)C)C[C@H](O[Si](C)(C)C(C)(C)C)C3)CCC[C@]12C. The van der Waals surface area contributed by atoms with Crippen molar-refractivity contribution in [3.63, 3.8) is 0 Å². The van der Waals surface area contributed by atoms with E-state index in [2.05, 4.69) is 93.7 Å². The van der Waals surface area contributed by atoms with Crippen LogP contribution in [0.1, 0.15) is 114 Å². The summed E-state index contributed by atoms with van der Waals surface area (Å²) < 4.78 is 19.7. The highest BCUT2D eigenvalue weighted by Crippen LogP contribution is 2.58. The third-order valence-electron chi connectivity index (χ3n) is 11.5. The van der Waals surface area contributed by atoms with Gasteiger partial charge in [0.25, 0.3) is 0 Å². The van der Waals surface area contributed by atoms with E-state index in [9.17, 15) is 4.79 Å². The van der Waals surface area contributed by atoms with Gasteiger partial charge in [0.05, 0.1) is 12.2 Å². The number of fused-ring (bicyclic) bond motifs is 1. The Bertz CT molecular complexity index is 929. The first kappa shape index (κ1) is 33.8. The number of hydrogen-bond donors (Lipinski definition) is 0. The maximum atomic E-state index is 11.7. The lowest BCUT2D eigenvalue weighted by molar-refractivity contribution is -0.150. The average Bonchev–Trinajstić information content (AvgIpc) is 3.12. The molecule has 3 rings (SSSR count). The fourth-order valence-electron chi connectivity index (χ4n) is 7.25. The maximum Gasteiger partial charge on any atom is 0.302 e. The van der Waals surface area contributed by atoms with Crippen molar-refractivity contribution in [1.82, 2.24) is 0 Å². The normalized spacial score (nSPS) is 32.1. The molecule has 0 radical (unpaired) electrons. The summed E-state index contributed by atoms with van der Waals surface area (Å²) in [5.74, 6) is 0.873. The molecule has 0 spiro atoms. The van der Waals surface area contributed by atoms with Crippen LogP contribution in [-0.4, -0.2) is 40.9 Å². The fourth-order valence-corrected chi connectivity index (χ4v) is 9.98. The minimum absolute atomic E-state index is 0.00922. The number of carbonyl (C=O) groups is 1. The zero-order chi connectivity index (χ0) is 30.3. The first-order valence-electron chi connectivity index (χ1n) is 16.1. The van der Waals surface area contributed by atoms with Gasteiger partial charge in [0, 0.05) is 12.8 Å². The maximum absolute atomic E-state index is 11.7. The molecule has 0 saturated heterocycles. The number of hydrogen-bond acceptors (Lipinski definition) is 4. The van der Waals surface area contributed by atoms with Crippen molar-refractivity contribution < 1.29 is 18.4 Å². The van der Waals surface area contributed by atoms with Crippen LogP contribution in [0.4, 0.5) is 0 Å². The Hall–Kier alpha value is -0.696. The quantitative estimate of drug-likeness (QED) is 0.219. The van der Waals surface area contributed by atoms with E-state index in [1.807, 2.05) is 0 Å². The number of carbonyl (C=O) groups excluding carboxylic acids is 1. The predicted molar refractivity (Wildman–Crippen MR) is 174 cm³/mol. The average molecular weight is 591 g/mol. The van der Waals surface area contributed by atoms with Crippen molar-refractivity contribution in [3.8, 4) is 0 Å². The lowest BCUT2D eigenvalue weighted by atomic mass is 9.62. The van der Waals surface area contributed by atoms with Gasteiger partial charge in [-0.1, -0.05) is 71.8 Å². The summed E-state index contributed by atoms with van der Waals surface area (Å²) >= 11 is 0. The molecule has 6 heteroatoms. The summed E-state index contributed by atoms with van der Waals surface area (Å²) in [6.45, 7) is 29.7. The van der Waals surface area contributed by atoms with Crippen LogP contribution in [0.2, 0.25) is 36.3 Å².